The Kier molecular flexibility index (Phi) is 5.55. The maximum absolute atomic E-state index is 12.0. The van der Waals surface area contributed by atoms with E-state index in [-0.39, 0.29) is 11.9 Å². The van der Waals surface area contributed by atoms with Crippen molar-refractivity contribution >= 4 is 29.4 Å². The Bertz CT molecular complexity index is 668. The van der Waals surface area contributed by atoms with Crippen molar-refractivity contribution < 1.29 is 4.79 Å². The molecule has 0 saturated carbocycles. The van der Waals surface area contributed by atoms with E-state index < -0.39 is 0 Å². The van der Waals surface area contributed by atoms with E-state index in [1.807, 2.05) is 43.3 Å². The predicted molar refractivity (Wildman–Crippen MR) is 91.5 cm³/mol. The van der Waals surface area contributed by atoms with Gasteiger partial charge in [-0.3, -0.25) is 4.79 Å². The highest BCUT2D eigenvalue weighted by atomic mass is 35.5. The van der Waals surface area contributed by atoms with E-state index in [4.69, 9.17) is 11.6 Å². The molecule has 0 spiro atoms. The van der Waals surface area contributed by atoms with E-state index in [2.05, 4.69) is 15.8 Å². The average Bonchev–Trinajstić information content (AvgIpc) is 2.49. The summed E-state index contributed by atoms with van der Waals surface area (Å²) < 4.78 is 0. The second-order valence-corrected chi connectivity index (χ2v) is 5.46. The van der Waals surface area contributed by atoms with E-state index >= 15 is 0 Å². The molecule has 22 heavy (non-hydrogen) atoms. The van der Waals surface area contributed by atoms with Crippen molar-refractivity contribution in [3.8, 4) is 0 Å². The maximum atomic E-state index is 12.0. The molecule has 1 unspecified atom stereocenters. The first-order valence-corrected chi connectivity index (χ1v) is 7.34. The third-order valence-corrected chi connectivity index (χ3v) is 3.30. The van der Waals surface area contributed by atoms with Crippen LogP contribution < -0.4 is 10.7 Å². The third-order valence-electron chi connectivity index (χ3n) is 3.07. The van der Waals surface area contributed by atoms with Crippen molar-refractivity contribution in [1.82, 2.24) is 5.43 Å². The number of hydrazone groups is 1. The van der Waals surface area contributed by atoms with Crippen molar-refractivity contribution in [2.75, 3.05) is 5.32 Å². The summed E-state index contributed by atoms with van der Waals surface area (Å²) in [5.74, 6) is -0.209. The van der Waals surface area contributed by atoms with Crippen LogP contribution in [0.1, 0.15) is 18.1 Å². The molecule has 0 radical (unpaired) electrons. The number of carbonyl (C=O) groups is 1. The summed E-state index contributed by atoms with van der Waals surface area (Å²) in [6.45, 7) is 3.80. The van der Waals surface area contributed by atoms with Crippen LogP contribution in [0.15, 0.2) is 53.6 Å². The molecule has 0 bridgehead atoms. The standard InChI is InChI=1S/C17H18ClN3O/c1-12-6-8-16(9-7-12)20-13(2)17(22)21-19-11-14-4-3-5-15(18)10-14/h3-11,13,20H,1-2H3,(H,21,22). The molecule has 5 heteroatoms. The summed E-state index contributed by atoms with van der Waals surface area (Å²) in [6.07, 6.45) is 1.56. The van der Waals surface area contributed by atoms with E-state index in [0.717, 1.165) is 11.3 Å². The van der Waals surface area contributed by atoms with E-state index in [9.17, 15) is 4.79 Å². The Hall–Kier alpha value is -2.33. The van der Waals surface area contributed by atoms with Crippen LogP contribution in [0, 0.1) is 6.92 Å². The molecule has 0 heterocycles. The first kappa shape index (κ1) is 16.0. The number of benzene rings is 2. The number of aryl methyl sites for hydroxylation is 1. The zero-order valence-electron chi connectivity index (χ0n) is 12.5. The predicted octanol–water partition coefficient (Wildman–Crippen LogP) is 3.60. The van der Waals surface area contributed by atoms with Crippen molar-refractivity contribution in [3.05, 3.63) is 64.7 Å². The molecule has 0 aliphatic heterocycles. The minimum atomic E-state index is -0.390. The van der Waals surface area contributed by atoms with Gasteiger partial charge < -0.3 is 5.32 Å². The van der Waals surface area contributed by atoms with Crippen LogP contribution in [0.3, 0.4) is 0 Å². The van der Waals surface area contributed by atoms with Crippen LogP contribution in [0.5, 0.6) is 0 Å². The number of amides is 1. The van der Waals surface area contributed by atoms with E-state index in [0.29, 0.717) is 5.02 Å². The fraction of sp³-hybridized carbons (Fsp3) is 0.176. The molecular weight excluding hydrogens is 298 g/mol. The van der Waals surface area contributed by atoms with Crippen LogP contribution in [0.25, 0.3) is 0 Å². The van der Waals surface area contributed by atoms with Gasteiger partial charge in [-0.25, -0.2) is 5.43 Å². The van der Waals surface area contributed by atoms with Gasteiger partial charge in [0.25, 0.3) is 5.91 Å². The zero-order valence-corrected chi connectivity index (χ0v) is 13.3. The van der Waals surface area contributed by atoms with Gasteiger partial charge in [-0.1, -0.05) is 41.4 Å². The summed E-state index contributed by atoms with van der Waals surface area (Å²) in [5, 5.41) is 7.69. The summed E-state index contributed by atoms with van der Waals surface area (Å²) in [5.41, 5.74) is 5.40. The SMILES string of the molecule is Cc1ccc(NC(C)C(=O)NN=Cc2cccc(Cl)c2)cc1. The molecule has 2 aromatic carbocycles. The molecule has 1 atom stereocenters. The van der Waals surface area contributed by atoms with Gasteiger partial charge in [0.05, 0.1) is 6.21 Å². The second-order valence-electron chi connectivity index (χ2n) is 5.02. The normalized spacial score (nSPS) is 12.1. The zero-order chi connectivity index (χ0) is 15.9. The van der Waals surface area contributed by atoms with Gasteiger partial charge in [-0.2, -0.15) is 5.10 Å². The third kappa shape index (κ3) is 4.90. The molecule has 0 fully saturated rings. The van der Waals surface area contributed by atoms with E-state index in [1.165, 1.54) is 5.56 Å². The Morgan fingerprint density at radius 3 is 2.64 bits per heavy atom. The lowest BCUT2D eigenvalue weighted by Crippen LogP contribution is -2.34. The number of hydrogen-bond donors (Lipinski definition) is 2. The lowest BCUT2D eigenvalue weighted by Gasteiger charge is -2.13. The average molecular weight is 316 g/mol. The first-order valence-electron chi connectivity index (χ1n) is 6.96. The van der Waals surface area contributed by atoms with Crippen LogP contribution in [-0.2, 0) is 4.79 Å². The Morgan fingerprint density at radius 2 is 1.95 bits per heavy atom. The largest absolute Gasteiger partial charge is 0.374 e. The van der Waals surface area contributed by atoms with Crippen LogP contribution in [0.2, 0.25) is 5.02 Å². The topological polar surface area (TPSA) is 53.5 Å². The van der Waals surface area contributed by atoms with Gasteiger partial charge in [0.2, 0.25) is 0 Å². The number of nitrogens with one attached hydrogen (secondary N) is 2. The fourth-order valence-electron chi connectivity index (χ4n) is 1.82. The highest BCUT2D eigenvalue weighted by molar-refractivity contribution is 6.30. The lowest BCUT2D eigenvalue weighted by atomic mass is 10.2. The number of anilines is 1. The molecule has 0 aromatic heterocycles. The molecule has 2 rings (SSSR count). The van der Waals surface area contributed by atoms with Gasteiger partial charge in [0, 0.05) is 10.7 Å². The summed E-state index contributed by atoms with van der Waals surface area (Å²) in [4.78, 5) is 12.0. The Morgan fingerprint density at radius 1 is 1.23 bits per heavy atom. The molecule has 0 aliphatic rings. The molecule has 1 amide bonds. The number of hydrogen-bond acceptors (Lipinski definition) is 3. The van der Waals surface area contributed by atoms with Gasteiger partial charge in [-0.15, -0.1) is 0 Å². The fourth-order valence-corrected chi connectivity index (χ4v) is 2.02. The van der Waals surface area contributed by atoms with Crippen LogP contribution >= 0.6 is 11.6 Å². The molecule has 0 aliphatic carbocycles. The minimum absolute atomic E-state index is 0.209. The lowest BCUT2D eigenvalue weighted by molar-refractivity contribution is -0.121. The van der Waals surface area contributed by atoms with Gasteiger partial charge >= 0.3 is 0 Å². The quantitative estimate of drug-likeness (QED) is 0.654. The molecule has 2 aromatic rings. The number of halogens is 1. The van der Waals surface area contributed by atoms with E-state index in [1.54, 1.807) is 25.3 Å². The van der Waals surface area contributed by atoms with Crippen molar-refractivity contribution in [2.45, 2.75) is 19.9 Å². The van der Waals surface area contributed by atoms with Crippen LogP contribution in [-0.4, -0.2) is 18.2 Å². The summed E-state index contributed by atoms with van der Waals surface area (Å²) in [7, 11) is 0. The highest BCUT2D eigenvalue weighted by Gasteiger charge is 2.11. The van der Waals surface area contributed by atoms with Crippen molar-refractivity contribution in [3.63, 3.8) is 0 Å². The number of carbonyl (C=O) groups excluding carboxylic acids is 1. The summed E-state index contributed by atoms with van der Waals surface area (Å²) >= 11 is 5.88. The Labute approximate surface area is 135 Å². The molecule has 4 nitrogen and oxygen atoms in total. The molecular formula is C17H18ClN3O. The van der Waals surface area contributed by atoms with Gasteiger partial charge in [0.1, 0.15) is 6.04 Å². The van der Waals surface area contributed by atoms with Crippen molar-refractivity contribution in [2.24, 2.45) is 5.10 Å². The number of rotatable bonds is 5. The highest BCUT2D eigenvalue weighted by Crippen LogP contribution is 2.10. The smallest absolute Gasteiger partial charge is 0.262 e. The molecule has 2 N–H and O–H groups in total. The molecule has 0 saturated heterocycles. The monoisotopic (exact) mass is 315 g/mol. The number of nitrogens with zero attached hydrogens (tertiary/aromatic N) is 1. The van der Waals surface area contributed by atoms with Crippen molar-refractivity contribution in [1.29, 1.82) is 0 Å². The maximum Gasteiger partial charge on any atom is 0.262 e. The van der Waals surface area contributed by atoms with Gasteiger partial charge in [-0.05, 0) is 43.7 Å². The Balaban J connectivity index is 1.87. The van der Waals surface area contributed by atoms with Gasteiger partial charge in [0.15, 0.2) is 0 Å². The second kappa shape index (κ2) is 7.61. The molecule has 114 valence electrons. The van der Waals surface area contributed by atoms with Crippen LogP contribution in [0.4, 0.5) is 5.69 Å². The summed E-state index contributed by atoms with van der Waals surface area (Å²) in [6, 6.07) is 14.7. The first-order chi connectivity index (χ1) is 10.5. The minimum Gasteiger partial charge on any atom is -0.374 e.